The summed E-state index contributed by atoms with van der Waals surface area (Å²) in [6.45, 7) is 0.284. The van der Waals surface area contributed by atoms with E-state index in [9.17, 15) is 4.79 Å². The lowest BCUT2D eigenvalue weighted by atomic mass is 10.2. The number of ether oxygens (including phenoxy) is 1. The van der Waals surface area contributed by atoms with Crippen LogP contribution in [0.3, 0.4) is 0 Å². The molecule has 3 rings (SSSR count). The summed E-state index contributed by atoms with van der Waals surface area (Å²) >= 11 is 7.60. The maximum absolute atomic E-state index is 12.2. The van der Waals surface area contributed by atoms with Crippen molar-refractivity contribution in [3.63, 3.8) is 0 Å². The second-order valence-corrected chi connectivity index (χ2v) is 7.43. The van der Waals surface area contributed by atoms with Gasteiger partial charge < -0.3 is 9.30 Å². The van der Waals surface area contributed by atoms with Gasteiger partial charge in [0, 0.05) is 13.5 Å². The molecule has 0 unspecified atom stereocenters. The van der Waals surface area contributed by atoms with Gasteiger partial charge in [-0.2, -0.15) is 0 Å². The Hall–Kier alpha value is -1.53. The zero-order valence-corrected chi connectivity index (χ0v) is 15.1. The van der Waals surface area contributed by atoms with Crippen molar-refractivity contribution in [2.24, 2.45) is 7.05 Å². The third kappa shape index (κ3) is 4.11. The summed E-state index contributed by atoms with van der Waals surface area (Å²) in [5.41, 5.74) is 0. The van der Waals surface area contributed by atoms with Crippen molar-refractivity contribution in [2.75, 3.05) is 0 Å². The topological polar surface area (TPSA) is 57.0 Å². The van der Waals surface area contributed by atoms with E-state index in [1.54, 1.807) is 6.07 Å². The Morgan fingerprint density at radius 3 is 2.96 bits per heavy atom. The van der Waals surface area contributed by atoms with E-state index < -0.39 is 0 Å². The van der Waals surface area contributed by atoms with E-state index in [0.29, 0.717) is 28.8 Å². The SMILES string of the molecule is Cn1c(COc2ccccc2Cl)nnc1S[C@@H]1CCCCCC1=O. The molecule has 0 bridgehead atoms. The zero-order chi connectivity index (χ0) is 16.9. The molecule has 2 aromatic rings. The number of carbonyl (C=O) groups is 1. The third-order valence-corrected chi connectivity index (χ3v) is 5.78. The van der Waals surface area contributed by atoms with E-state index in [-0.39, 0.29) is 11.9 Å². The number of ketones is 1. The summed E-state index contributed by atoms with van der Waals surface area (Å²) in [7, 11) is 1.90. The minimum absolute atomic E-state index is 0.00673. The van der Waals surface area contributed by atoms with Gasteiger partial charge in [-0.05, 0) is 25.0 Å². The van der Waals surface area contributed by atoms with E-state index in [2.05, 4.69) is 10.2 Å². The van der Waals surface area contributed by atoms with Crippen LogP contribution in [0, 0.1) is 0 Å². The molecule has 24 heavy (non-hydrogen) atoms. The zero-order valence-electron chi connectivity index (χ0n) is 13.6. The Morgan fingerprint density at radius 2 is 2.12 bits per heavy atom. The monoisotopic (exact) mass is 365 g/mol. The highest BCUT2D eigenvalue weighted by Crippen LogP contribution is 2.30. The molecule has 1 aliphatic carbocycles. The smallest absolute Gasteiger partial charge is 0.191 e. The van der Waals surface area contributed by atoms with Gasteiger partial charge in [-0.15, -0.1) is 10.2 Å². The van der Waals surface area contributed by atoms with Crippen LogP contribution in [-0.2, 0) is 18.4 Å². The molecule has 7 heteroatoms. The molecule has 5 nitrogen and oxygen atoms in total. The van der Waals surface area contributed by atoms with Crippen molar-refractivity contribution in [3.8, 4) is 5.75 Å². The fraction of sp³-hybridized carbons (Fsp3) is 0.471. The first-order valence-corrected chi connectivity index (χ1v) is 9.36. The van der Waals surface area contributed by atoms with Crippen molar-refractivity contribution < 1.29 is 9.53 Å². The molecule has 1 aliphatic rings. The van der Waals surface area contributed by atoms with Crippen LogP contribution < -0.4 is 4.74 Å². The number of carbonyl (C=O) groups excluding carboxylic acids is 1. The van der Waals surface area contributed by atoms with Crippen molar-refractivity contribution >= 4 is 29.1 Å². The van der Waals surface area contributed by atoms with Crippen LogP contribution >= 0.6 is 23.4 Å². The van der Waals surface area contributed by atoms with Crippen molar-refractivity contribution in [3.05, 3.63) is 35.1 Å². The highest BCUT2D eigenvalue weighted by Gasteiger charge is 2.24. The van der Waals surface area contributed by atoms with Crippen molar-refractivity contribution in [1.82, 2.24) is 14.8 Å². The number of hydrogen-bond donors (Lipinski definition) is 0. The molecule has 1 aromatic carbocycles. The van der Waals surface area contributed by atoms with Gasteiger partial charge in [-0.1, -0.05) is 48.3 Å². The van der Waals surface area contributed by atoms with E-state index >= 15 is 0 Å². The Kier molecular flexibility index (Phi) is 5.79. The molecule has 0 radical (unpaired) electrons. The molecule has 0 amide bonds. The van der Waals surface area contributed by atoms with Crippen LogP contribution in [0.25, 0.3) is 0 Å². The second-order valence-electron chi connectivity index (χ2n) is 5.85. The molecule has 1 saturated carbocycles. The first-order chi connectivity index (χ1) is 11.6. The maximum atomic E-state index is 12.2. The molecule has 128 valence electrons. The quantitative estimate of drug-likeness (QED) is 0.748. The molecule has 0 N–H and O–H groups in total. The van der Waals surface area contributed by atoms with Gasteiger partial charge in [0.15, 0.2) is 11.0 Å². The molecule has 1 fully saturated rings. The number of thioether (sulfide) groups is 1. The molecule has 0 saturated heterocycles. The highest BCUT2D eigenvalue weighted by molar-refractivity contribution is 8.00. The minimum atomic E-state index is -0.00673. The lowest BCUT2D eigenvalue weighted by molar-refractivity contribution is -0.118. The Morgan fingerprint density at radius 1 is 1.29 bits per heavy atom. The van der Waals surface area contributed by atoms with Gasteiger partial charge in [-0.3, -0.25) is 4.79 Å². The first-order valence-electron chi connectivity index (χ1n) is 8.10. The van der Waals surface area contributed by atoms with Gasteiger partial charge in [0.2, 0.25) is 0 Å². The van der Waals surface area contributed by atoms with E-state index in [1.807, 2.05) is 29.8 Å². The summed E-state index contributed by atoms with van der Waals surface area (Å²) in [4.78, 5) is 12.2. The Labute approximate surface area is 150 Å². The molecule has 1 heterocycles. The Balaban J connectivity index is 1.65. The van der Waals surface area contributed by atoms with Crippen LogP contribution in [0.5, 0.6) is 5.75 Å². The van der Waals surface area contributed by atoms with E-state index in [4.69, 9.17) is 16.3 Å². The number of halogens is 1. The summed E-state index contributed by atoms with van der Waals surface area (Å²) in [5, 5.41) is 9.73. The largest absolute Gasteiger partial charge is 0.484 e. The summed E-state index contributed by atoms with van der Waals surface area (Å²) in [6.07, 6.45) is 4.84. The van der Waals surface area contributed by atoms with Crippen LogP contribution in [0.15, 0.2) is 29.4 Å². The first kappa shape index (κ1) is 17.3. The molecule has 1 atom stereocenters. The number of aromatic nitrogens is 3. The molecule has 0 spiro atoms. The summed E-state index contributed by atoms with van der Waals surface area (Å²) in [6, 6.07) is 7.33. The molecular weight excluding hydrogens is 346 g/mol. The van der Waals surface area contributed by atoms with Gasteiger partial charge in [0.25, 0.3) is 0 Å². The summed E-state index contributed by atoms with van der Waals surface area (Å²) in [5.74, 6) is 1.66. The van der Waals surface area contributed by atoms with Gasteiger partial charge in [0.05, 0.1) is 10.3 Å². The predicted octanol–water partition coefficient (Wildman–Crippen LogP) is 4.04. The van der Waals surface area contributed by atoms with Crippen LogP contribution in [-0.4, -0.2) is 25.8 Å². The van der Waals surface area contributed by atoms with E-state index in [0.717, 1.165) is 30.8 Å². The van der Waals surface area contributed by atoms with Crippen LogP contribution in [0.4, 0.5) is 0 Å². The van der Waals surface area contributed by atoms with Gasteiger partial charge in [-0.25, -0.2) is 0 Å². The van der Waals surface area contributed by atoms with Crippen LogP contribution in [0.1, 0.15) is 37.9 Å². The summed E-state index contributed by atoms with van der Waals surface area (Å²) < 4.78 is 7.61. The number of benzene rings is 1. The molecular formula is C17H20ClN3O2S. The minimum Gasteiger partial charge on any atom is -0.484 e. The number of nitrogens with zero attached hydrogens (tertiary/aromatic N) is 3. The highest BCUT2D eigenvalue weighted by atomic mass is 35.5. The van der Waals surface area contributed by atoms with E-state index in [1.165, 1.54) is 11.8 Å². The normalized spacial score (nSPS) is 18.4. The number of hydrogen-bond acceptors (Lipinski definition) is 5. The Bertz CT molecular complexity index is 720. The fourth-order valence-electron chi connectivity index (χ4n) is 2.66. The fourth-order valence-corrected chi connectivity index (χ4v) is 3.99. The van der Waals surface area contributed by atoms with Crippen LogP contribution in [0.2, 0.25) is 5.02 Å². The van der Waals surface area contributed by atoms with Crippen molar-refractivity contribution in [2.45, 2.75) is 49.1 Å². The molecule has 1 aromatic heterocycles. The number of rotatable bonds is 5. The van der Waals surface area contributed by atoms with Gasteiger partial charge >= 0.3 is 0 Å². The number of Topliss-reactive ketones (excluding diaryl/α,β-unsaturated/α-hetero) is 1. The lowest BCUT2D eigenvalue weighted by Gasteiger charge is -2.12. The maximum Gasteiger partial charge on any atom is 0.191 e. The standard InChI is InChI=1S/C17H20ClN3O2S/c1-21-16(11-23-14-9-6-5-7-12(14)18)19-20-17(21)24-15-10-4-2-3-8-13(15)22/h5-7,9,15H,2-4,8,10-11H2,1H3/t15-/m1/s1. The lowest BCUT2D eigenvalue weighted by Crippen LogP contribution is -2.16. The van der Waals surface area contributed by atoms with Gasteiger partial charge in [0.1, 0.15) is 18.1 Å². The third-order valence-electron chi connectivity index (χ3n) is 4.11. The van der Waals surface area contributed by atoms with Crippen molar-refractivity contribution in [1.29, 1.82) is 0 Å². The second kappa shape index (κ2) is 8.03. The number of para-hydroxylation sites is 1. The predicted molar refractivity (Wildman–Crippen MR) is 94.5 cm³/mol. The average Bonchev–Trinajstić information content (AvgIpc) is 2.79. The average molecular weight is 366 g/mol. The molecule has 0 aliphatic heterocycles.